The van der Waals surface area contributed by atoms with Crippen LogP contribution in [0.4, 0.5) is 16.2 Å². The number of nitrogens with one attached hydrogen (secondary N) is 2. The van der Waals surface area contributed by atoms with Crippen molar-refractivity contribution in [1.29, 1.82) is 0 Å². The van der Waals surface area contributed by atoms with Gasteiger partial charge in [0, 0.05) is 6.07 Å². The number of carbonyl (C=O) groups excluding carboxylic acids is 4. The van der Waals surface area contributed by atoms with E-state index in [0.717, 1.165) is 11.3 Å². The molecule has 0 atom stereocenters. The Balaban J connectivity index is 1.49. The van der Waals surface area contributed by atoms with Crippen LogP contribution in [0.2, 0.25) is 0 Å². The molecule has 1 heterocycles. The number of imide groups is 2. The van der Waals surface area contributed by atoms with Gasteiger partial charge in [-0.3, -0.25) is 19.7 Å². The fourth-order valence-electron chi connectivity index (χ4n) is 3.99. The summed E-state index contributed by atoms with van der Waals surface area (Å²) in [5, 5.41) is 4.92. The molecule has 0 spiro atoms. The molecular weight excluding hydrogens is 610 g/mol. The Morgan fingerprint density at radius 2 is 1.67 bits per heavy atom. The minimum absolute atomic E-state index is 0.202. The number of methoxy groups -OCH3 is 2. The quantitative estimate of drug-likeness (QED) is 0.223. The molecule has 0 saturated carbocycles. The molecule has 5 amide bonds. The Hall–Kier alpha value is -4.84. The molecule has 3 aromatic carbocycles. The van der Waals surface area contributed by atoms with E-state index in [1.807, 2.05) is 6.92 Å². The summed E-state index contributed by atoms with van der Waals surface area (Å²) in [6.07, 6.45) is 2.15. The SMILES string of the molecule is CCCOc1ccc(N2C(=O)NC(=O)/C(=C/c3ccc(OCC(=O)Nc4ccccc4OC)c(Br)c3)C2=O)cc1OC. The highest BCUT2D eigenvalue weighted by molar-refractivity contribution is 9.10. The zero-order valence-electron chi connectivity index (χ0n) is 23.1. The van der Waals surface area contributed by atoms with Gasteiger partial charge < -0.3 is 24.3 Å². The second-order valence-corrected chi connectivity index (χ2v) is 9.72. The number of rotatable bonds is 11. The third-order valence-electron chi connectivity index (χ3n) is 5.98. The molecule has 0 unspecified atom stereocenters. The van der Waals surface area contributed by atoms with Crippen molar-refractivity contribution in [1.82, 2.24) is 5.32 Å². The van der Waals surface area contributed by atoms with Crippen molar-refractivity contribution in [2.75, 3.05) is 37.7 Å². The first-order chi connectivity index (χ1) is 20.2. The number of ether oxygens (including phenoxy) is 4. The van der Waals surface area contributed by atoms with Gasteiger partial charge in [0.25, 0.3) is 17.7 Å². The maximum Gasteiger partial charge on any atom is 0.335 e. The van der Waals surface area contributed by atoms with Gasteiger partial charge in [-0.25, -0.2) is 9.69 Å². The number of carbonyl (C=O) groups is 4. The van der Waals surface area contributed by atoms with Gasteiger partial charge in [0.15, 0.2) is 18.1 Å². The zero-order chi connectivity index (χ0) is 30.2. The third kappa shape index (κ3) is 6.89. The summed E-state index contributed by atoms with van der Waals surface area (Å²) in [7, 11) is 2.95. The molecule has 0 aromatic heterocycles. The van der Waals surface area contributed by atoms with E-state index in [0.29, 0.717) is 45.3 Å². The molecular formula is C30H28BrN3O8. The van der Waals surface area contributed by atoms with E-state index in [1.165, 1.54) is 32.4 Å². The van der Waals surface area contributed by atoms with Crippen molar-refractivity contribution in [3.63, 3.8) is 0 Å². The maximum absolute atomic E-state index is 13.3. The van der Waals surface area contributed by atoms with E-state index in [4.69, 9.17) is 18.9 Å². The summed E-state index contributed by atoms with van der Waals surface area (Å²) >= 11 is 3.40. The maximum atomic E-state index is 13.3. The lowest BCUT2D eigenvalue weighted by Gasteiger charge is -2.27. The molecule has 12 heteroatoms. The van der Waals surface area contributed by atoms with E-state index >= 15 is 0 Å². The number of urea groups is 1. The third-order valence-corrected chi connectivity index (χ3v) is 6.60. The molecule has 218 valence electrons. The lowest BCUT2D eigenvalue weighted by molar-refractivity contribution is -0.122. The van der Waals surface area contributed by atoms with Crippen LogP contribution < -0.4 is 34.5 Å². The van der Waals surface area contributed by atoms with Gasteiger partial charge in [-0.1, -0.05) is 25.1 Å². The van der Waals surface area contributed by atoms with Crippen LogP contribution in [0, 0.1) is 0 Å². The molecule has 11 nitrogen and oxygen atoms in total. The van der Waals surface area contributed by atoms with Gasteiger partial charge in [0.1, 0.15) is 17.1 Å². The van der Waals surface area contributed by atoms with Crippen molar-refractivity contribution in [2.45, 2.75) is 13.3 Å². The highest BCUT2D eigenvalue weighted by Crippen LogP contribution is 2.34. The monoisotopic (exact) mass is 637 g/mol. The number of benzene rings is 3. The molecule has 1 saturated heterocycles. The molecule has 1 aliphatic heterocycles. The predicted molar refractivity (Wildman–Crippen MR) is 159 cm³/mol. The molecule has 42 heavy (non-hydrogen) atoms. The molecule has 0 bridgehead atoms. The summed E-state index contributed by atoms with van der Waals surface area (Å²) < 4.78 is 22.3. The van der Waals surface area contributed by atoms with E-state index in [1.54, 1.807) is 48.5 Å². The Labute approximate surface area is 250 Å². The Morgan fingerprint density at radius 3 is 2.38 bits per heavy atom. The lowest BCUT2D eigenvalue weighted by Crippen LogP contribution is -2.54. The van der Waals surface area contributed by atoms with Gasteiger partial charge in [0.2, 0.25) is 0 Å². The van der Waals surface area contributed by atoms with Crippen molar-refractivity contribution in [2.24, 2.45) is 0 Å². The highest BCUT2D eigenvalue weighted by atomic mass is 79.9. The summed E-state index contributed by atoms with van der Waals surface area (Å²) in [4.78, 5) is 51.9. The molecule has 2 N–H and O–H groups in total. The molecule has 4 rings (SSSR count). The molecule has 1 fully saturated rings. The lowest BCUT2D eigenvalue weighted by atomic mass is 10.1. The number of hydrogen-bond donors (Lipinski definition) is 2. The van der Waals surface area contributed by atoms with Crippen molar-refractivity contribution in [3.05, 3.63) is 76.3 Å². The average molecular weight is 638 g/mol. The molecule has 3 aromatic rings. The largest absolute Gasteiger partial charge is 0.495 e. The van der Waals surface area contributed by atoms with E-state index in [2.05, 4.69) is 26.6 Å². The Morgan fingerprint density at radius 1 is 0.929 bits per heavy atom. The minimum Gasteiger partial charge on any atom is -0.495 e. The number of anilines is 2. The van der Waals surface area contributed by atoms with Gasteiger partial charge in [-0.05, 0) is 70.4 Å². The Bertz CT molecular complexity index is 1560. The number of hydrogen-bond acceptors (Lipinski definition) is 8. The first-order valence-electron chi connectivity index (χ1n) is 12.8. The first-order valence-corrected chi connectivity index (χ1v) is 13.6. The van der Waals surface area contributed by atoms with Gasteiger partial charge in [-0.2, -0.15) is 0 Å². The van der Waals surface area contributed by atoms with Gasteiger partial charge >= 0.3 is 6.03 Å². The molecule has 0 radical (unpaired) electrons. The summed E-state index contributed by atoms with van der Waals surface area (Å²) in [6.45, 7) is 2.15. The first kappa shape index (κ1) is 30.1. The number of para-hydroxylation sites is 2. The summed E-state index contributed by atoms with van der Waals surface area (Å²) in [5.41, 5.74) is 0.933. The number of amides is 5. The second kappa shape index (κ2) is 13.7. The van der Waals surface area contributed by atoms with E-state index in [-0.39, 0.29) is 17.9 Å². The summed E-state index contributed by atoms with van der Waals surface area (Å²) in [6, 6.07) is 15.5. The van der Waals surface area contributed by atoms with Crippen LogP contribution in [0.1, 0.15) is 18.9 Å². The standard InChI is InChI=1S/C30H28BrN3O8/c1-4-13-41-25-12-10-19(16-26(25)40-3)34-29(37)20(28(36)33-30(34)38)14-18-9-11-23(21(31)15-18)42-17-27(35)32-22-7-5-6-8-24(22)39-2/h5-12,14-16H,4,13,17H2,1-3H3,(H,32,35)(H,33,36,38)/b20-14-. The average Bonchev–Trinajstić information content (AvgIpc) is 2.98. The number of nitrogens with zero attached hydrogens (tertiary/aromatic N) is 1. The highest BCUT2D eigenvalue weighted by Gasteiger charge is 2.37. The van der Waals surface area contributed by atoms with Crippen LogP contribution in [0.25, 0.3) is 6.08 Å². The number of halogens is 1. The second-order valence-electron chi connectivity index (χ2n) is 8.87. The normalized spacial score (nSPS) is 14.0. The van der Waals surface area contributed by atoms with Crippen molar-refractivity contribution >= 4 is 57.1 Å². The van der Waals surface area contributed by atoms with Crippen LogP contribution in [-0.4, -0.2) is 51.2 Å². The zero-order valence-corrected chi connectivity index (χ0v) is 24.6. The summed E-state index contributed by atoms with van der Waals surface area (Å²) in [5.74, 6) is -0.361. The van der Waals surface area contributed by atoms with Crippen LogP contribution in [0.5, 0.6) is 23.0 Å². The fourth-order valence-corrected chi connectivity index (χ4v) is 4.50. The molecule has 0 aliphatic carbocycles. The van der Waals surface area contributed by atoms with Crippen LogP contribution in [-0.2, 0) is 14.4 Å². The van der Waals surface area contributed by atoms with Gasteiger partial charge in [0.05, 0.1) is 36.7 Å². The molecule has 1 aliphatic rings. The van der Waals surface area contributed by atoms with Crippen molar-refractivity contribution in [3.8, 4) is 23.0 Å². The van der Waals surface area contributed by atoms with Gasteiger partial charge in [-0.15, -0.1) is 0 Å². The van der Waals surface area contributed by atoms with Crippen molar-refractivity contribution < 1.29 is 38.1 Å². The topological polar surface area (TPSA) is 132 Å². The van der Waals surface area contributed by atoms with Crippen LogP contribution in [0.15, 0.2) is 70.7 Å². The Kier molecular flexibility index (Phi) is 9.81. The van der Waals surface area contributed by atoms with Crippen LogP contribution in [0.3, 0.4) is 0 Å². The van der Waals surface area contributed by atoms with Crippen LogP contribution >= 0.6 is 15.9 Å². The number of barbiturate groups is 1. The fraction of sp³-hybridized carbons (Fsp3) is 0.200. The predicted octanol–water partition coefficient (Wildman–Crippen LogP) is 4.94. The minimum atomic E-state index is -0.886. The van der Waals surface area contributed by atoms with E-state index < -0.39 is 23.8 Å². The van der Waals surface area contributed by atoms with E-state index in [9.17, 15) is 19.2 Å². The smallest absolute Gasteiger partial charge is 0.335 e.